The number of aromatic amines is 1. The summed E-state index contributed by atoms with van der Waals surface area (Å²) in [5.74, 6) is 0.404. The number of nitrogens with zero attached hydrogens (tertiary/aromatic N) is 1. The van der Waals surface area contributed by atoms with Crippen LogP contribution in [0.3, 0.4) is 0 Å². The summed E-state index contributed by atoms with van der Waals surface area (Å²) in [5.41, 5.74) is 1.07. The van der Waals surface area contributed by atoms with Crippen molar-refractivity contribution in [2.75, 3.05) is 16.8 Å². The summed E-state index contributed by atoms with van der Waals surface area (Å²) in [5, 5.41) is 9.80. The molecule has 110 valence electrons. The van der Waals surface area contributed by atoms with Crippen molar-refractivity contribution >= 4 is 21.6 Å². The van der Waals surface area contributed by atoms with Gasteiger partial charge in [-0.1, -0.05) is 12.8 Å². The summed E-state index contributed by atoms with van der Waals surface area (Å²) < 4.78 is 22.7. The number of rotatable bonds is 3. The first-order valence-electron chi connectivity index (χ1n) is 7.10. The second kappa shape index (κ2) is 5.20. The topological polar surface area (TPSA) is 91.9 Å². The monoisotopic (exact) mass is 297 g/mol. The molecule has 1 aliphatic carbocycles. The Morgan fingerprint density at radius 3 is 2.70 bits per heavy atom. The molecule has 2 heterocycles. The Morgan fingerprint density at radius 1 is 1.30 bits per heavy atom. The molecule has 1 aromatic rings. The van der Waals surface area contributed by atoms with Gasteiger partial charge in [0.25, 0.3) is 0 Å². The molecule has 3 rings (SSSR count). The fourth-order valence-corrected chi connectivity index (χ4v) is 4.82. The van der Waals surface area contributed by atoms with E-state index in [1.807, 2.05) is 6.07 Å². The van der Waals surface area contributed by atoms with Crippen molar-refractivity contribution < 1.29 is 13.2 Å². The number of sulfone groups is 1. The molecule has 7 heteroatoms. The normalized spacial score (nSPS) is 25.9. The highest BCUT2D eigenvalue weighted by Crippen LogP contribution is 2.33. The van der Waals surface area contributed by atoms with E-state index in [1.54, 1.807) is 0 Å². The van der Waals surface area contributed by atoms with Crippen LogP contribution < -0.4 is 5.32 Å². The van der Waals surface area contributed by atoms with Gasteiger partial charge in [-0.05, 0) is 19.3 Å². The van der Waals surface area contributed by atoms with Gasteiger partial charge >= 0.3 is 0 Å². The van der Waals surface area contributed by atoms with Crippen LogP contribution in [-0.2, 0) is 14.6 Å². The molecule has 1 saturated heterocycles. The molecule has 2 aliphatic rings. The summed E-state index contributed by atoms with van der Waals surface area (Å²) in [6.45, 7) is 0. The Labute approximate surface area is 118 Å². The molecule has 1 aliphatic heterocycles. The highest BCUT2D eigenvalue weighted by atomic mass is 32.2. The van der Waals surface area contributed by atoms with E-state index in [2.05, 4.69) is 15.5 Å². The summed E-state index contributed by atoms with van der Waals surface area (Å²) in [7, 11) is -3.03. The third-order valence-corrected chi connectivity index (χ3v) is 6.02. The lowest BCUT2D eigenvalue weighted by atomic mass is 10.0. The van der Waals surface area contributed by atoms with Crippen LogP contribution in [0.5, 0.6) is 0 Å². The fourth-order valence-electron chi connectivity index (χ4n) is 3.08. The van der Waals surface area contributed by atoms with Crippen molar-refractivity contribution in [3.8, 4) is 0 Å². The third kappa shape index (κ3) is 2.87. The van der Waals surface area contributed by atoms with Gasteiger partial charge in [-0.2, -0.15) is 5.10 Å². The Hall–Kier alpha value is -1.37. The highest BCUT2D eigenvalue weighted by molar-refractivity contribution is 7.91. The maximum atomic E-state index is 12.0. The number of amides is 1. The van der Waals surface area contributed by atoms with Crippen LogP contribution >= 0.6 is 0 Å². The number of hydrogen-bond acceptors (Lipinski definition) is 4. The Kier molecular flexibility index (Phi) is 3.54. The minimum absolute atomic E-state index is 0.0429. The van der Waals surface area contributed by atoms with E-state index >= 15 is 0 Å². The van der Waals surface area contributed by atoms with E-state index < -0.39 is 15.8 Å². The van der Waals surface area contributed by atoms with Gasteiger partial charge in [-0.15, -0.1) is 0 Å². The molecule has 1 aromatic heterocycles. The fraction of sp³-hybridized carbons (Fsp3) is 0.692. The van der Waals surface area contributed by atoms with Gasteiger partial charge in [0, 0.05) is 17.7 Å². The molecule has 2 fully saturated rings. The number of carbonyl (C=O) groups is 1. The SMILES string of the molecule is O=C(Nc1cc(C2CCCC2)[nH]n1)[C@@H]1CCS(=O)(=O)C1. The number of anilines is 1. The molecule has 2 N–H and O–H groups in total. The van der Waals surface area contributed by atoms with Gasteiger partial charge in [0.1, 0.15) is 0 Å². The van der Waals surface area contributed by atoms with E-state index in [1.165, 1.54) is 12.8 Å². The zero-order valence-corrected chi connectivity index (χ0v) is 12.1. The third-order valence-electron chi connectivity index (χ3n) is 4.25. The second-order valence-corrected chi connectivity index (χ2v) is 8.01. The predicted molar refractivity (Wildman–Crippen MR) is 75.2 cm³/mol. The molecule has 0 aromatic carbocycles. The van der Waals surface area contributed by atoms with Gasteiger partial charge in [0.05, 0.1) is 17.4 Å². The summed E-state index contributed by atoms with van der Waals surface area (Å²) in [6, 6.07) is 1.87. The minimum atomic E-state index is -3.03. The Morgan fingerprint density at radius 2 is 2.05 bits per heavy atom. The highest BCUT2D eigenvalue weighted by Gasteiger charge is 2.33. The van der Waals surface area contributed by atoms with Gasteiger partial charge in [0.2, 0.25) is 5.91 Å². The molecule has 0 radical (unpaired) electrons. The Bertz CT molecular complexity index is 602. The summed E-state index contributed by atoms with van der Waals surface area (Å²) in [6.07, 6.45) is 5.22. The predicted octanol–water partition coefficient (Wildman–Crippen LogP) is 1.44. The van der Waals surface area contributed by atoms with E-state index in [0.29, 0.717) is 18.2 Å². The number of nitrogens with one attached hydrogen (secondary N) is 2. The average Bonchev–Trinajstić information content (AvgIpc) is 3.07. The van der Waals surface area contributed by atoms with Crippen molar-refractivity contribution in [1.29, 1.82) is 0 Å². The molecular formula is C13H19N3O3S. The first-order valence-corrected chi connectivity index (χ1v) is 8.92. The van der Waals surface area contributed by atoms with Crippen LogP contribution in [0, 0.1) is 5.92 Å². The Balaban J connectivity index is 1.62. The van der Waals surface area contributed by atoms with Gasteiger partial charge < -0.3 is 5.32 Å². The lowest BCUT2D eigenvalue weighted by molar-refractivity contribution is -0.119. The van der Waals surface area contributed by atoms with Gasteiger partial charge in [-0.25, -0.2) is 8.42 Å². The van der Waals surface area contributed by atoms with Gasteiger partial charge in [-0.3, -0.25) is 9.89 Å². The largest absolute Gasteiger partial charge is 0.309 e. The second-order valence-electron chi connectivity index (χ2n) is 5.78. The minimum Gasteiger partial charge on any atom is -0.309 e. The van der Waals surface area contributed by atoms with Crippen molar-refractivity contribution in [1.82, 2.24) is 10.2 Å². The smallest absolute Gasteiger partial charge is 0.229 e. The molecule has 0 unspecified atom stereocenters. The standard InChI is InChI=1S/C13H19N3O3S/c17-13(10-5-6-20(18,19)8-10)14-12-7-11(15-16-12)9-3-1-2-4-9/h7,9-10H,1-6,8H2,(H2,14,15,16,17)/t10-/m1/s1. The molecule has 1 saturated carbocycles. The van der Waals surface area contributed by atoms with E-state index in [9.17, 15) is 13.2 Å². The van der Waals surface area contributed by atoms with E-state index in [4.69, 9.17) is 0 Å². The number of aromatic nitrogens is 2. The van der Waals surface area contributed by atoms with Crippen molar-refractivity contribution in [3.63, 3.8) is 0 Å². The van der Waals surface area contributed by atoms with Crippen LogP contribution in [0.25, 0.3) is 0 Å². The molecule has 6 nitrogen and oxygen atoms in total. The maximum Gasteiger partial charge on any atom is 0.229 e. The average molecular weight is 297 g/mol. The van der Waals surface area contributed by atoms with Crippen LogP contribution in [-0.4, -0.2) is 36.0 Å². The quantitative estimate of drug-likeness (QED) is 0.883. The molecule has 1 atom stereocenters. The summed E-state index contributed by atoms with van der Waals surface area (Å²) >= 11 is 0. The molecule has 0 spiro atoms. The zero-order chi connectivity index (χ0) is 14.2. The summed E-state index contributed by atoms with van der Waals surface area (Å²) in [4.78, 5) is 12.0. The van der Waals surface area contributed by atoms with Crippen molar-refractivity contribution in [2.24, 2.45) is 5.92 Å². The molecule has 0 bridgehead atoms. The lowest BCUT2D eigenvalue weighted by Gasteiger charge is -2.06. The molecular weight excluding hydrogens is 278 g/mol. The first kappa shape index (κ1) is 13.6. The number of H-pyrrole nitrogens is 1. The molecule has 1 amide bonds. The van der Waals surface area contributed by atoms with Crippen LogP contribution in [0.15, 0.2) is 6.07 Å². The van der Waals surface area contributed by atoms with Crippen LogP contribution in [0.1, 0.15) is 43.7 Å². The maximum absolute atomic E-state index is 12.0. The van der Waals surface area contributed by atoms with E-state index in [0.717, 1.165) is 18.5 Å². The van der Waals surface area contributed by atoms with E-state index in [-0.39, 0.29) is 17.4 Å². The lowest BCUT2D eigenvalue weighted by Crippen LogP contribution is -2.23. The van der Waals surface area contributed by atoms with Gasteiger partial charge in [0.15, 0.2) is 15.7 Å². The number of carbonyl (C=O) groups excluding carboxylic acids is 1. The molecule has 20 heavy (non-hydrogen) atoms. The van der Waals surface area contributed by atoms with Crippen molar-refractivity contribution in [3.05, 3.63) is 11.8 Å². The number of hydrogen-bond donors (Lipinski definition) is 2. The van der Waals surface area contributed by atoms with Crippen molar-refractivity contribution in [2.45, 2.75) is 38.0 Å². The first-order chi connectivity index (χ1) is 9.53. The van der Waals surface area contributed by atoms with Crippen LogP contribution in [0.2, 0.25) is 0 Å². The zero-order valence-electron chi connectivity index (χ0n) is 11.3. The van der Waals surface area contributed by atoms with Crippen LogP contribution in [0.4, 0.5) is 5.82 Å².